The fourth-order valence-corrected chi connectivity index (χ4v) is 2.74. The van der Waals surface area contributed by atoms with Gasteiger partial charge < -0.3 is 15.8 Å². The largest absolute Gasteiger partial charge is 0.459 e. The van der Waals surface area contributed by atoms with E-state index < -0.39 is 53.8 Å². The molecule has 0 saturated carbocycles. The monoisotopic (exact) mass is 438 g/mol. The van der Waals surface area contributed by atoms with Gasteiger partial charge in [0.25, 0.3) is 11.9 Å². The van der Waals surface area contributed by atoms with Crippen LogP contribution < -0.4 is 11.1 Å². The lowest BCUT2D eigenvalue weighted by Crippen LogP contribution is -2.51. The van der Waals surface area contributed by atoms with Gasteiger partial charge in [0.2, 0.25) is 0 Å². The Bertz CT molecular complexity index is 998. The van der Waals surface area contributed by atoms with Crippen molar-refractivity contribution < 1.29 is 31.5 Å². The molecule has 3 heterocycles. The lowest BCUT2D eigenvalue weighted by molar-refractivity contribution is -0.118. The van der Waals surface area contributed by atoms with Crippen LogP contribution in [0.15, 0.2) is 23.3 Å². The Morgan fingerprint density at radius 2 is 2.10 bits per heavy atom. The van der Waals surface area contributed by atoms with E-state index in [-0.39, 0.29) is 15.5 Å². The van der Waals surface area contributed by atoms with Crippen LogP contribution in [-0.2, 0) is 10.3 Å². The molecule has 3 rings (SSSR count). The predicted molar refractivity (Wildman–Crippen MR) is 90.5 cm³/mol. The minimum absolute atomic E-state index is 0.155. The number of carbonyl (C=O) groups excluding carboxylic acids is 1. The van der Waals surface area contributed by atoms with Gasteiger partial charge in [-0.05, 0) is 19.1 Å². The zero-order valence-corrected chi connectivity index (χ0v) is 15.2. The van der Waals surface area contributed by atoms with Crippen LogP contribution in [0.5, 0.6) is 0 Å². The van der Waals surface area contributed by atoms with Crippen LogP contribution in [0.2, 0.25) is 5.02 Å². The average molecular weight is 439 g/mol. The second kappa shape index (κ2) is 7.13. The molecule has 2 aromatic rings. The van der Waals surface area contributed by atoms with E-state index in [0.29, 0.717) is 0 Å². The molecule has 1 unspecified atom stereocenters. The van der Waals surface area contributed by atoms with Crippen LogP contribution in [0.1, 0.15) is 29.7 Å². The number of hydrogen-bond acceptors (Lipinski definition) is 6. The summed E-state index contributed by atoms with van der Waals surface area (Å²) in [5.74, 6) is -6.24. The fraction of sp³-hybridized carbons (Fsp3) is 0.333. The second-order valence-electron chi connectivity index (χ2n) is 6.08. The number of amides is 1. The van der Waals surface area contributed by atoms with Crippen molar-refractivity contribution in [2.45, 2.75) is 24.9 Å². The molecular formula is C15H12ClF5N6O2. The van der Waals surface area contributed by atoms with Gasteiger partial charge in [0.15, 0.2) is 17.8 Å². The number of anilines is 1. The molecule has 2 aromatic heterocycles. The van der Waals surface area contributed by atoms with E-state index in [9.17, 15) is 26.7 Å². The number of aromatic nitrogens is 3. The van der Waals surface area contributed by atoms with Gasteiger partial charge in [-0.2, -0.15) is 22.7 Å². The minimum atomic E-state index is -3.67. The van der Waals surface area contributed by atoms with Crippen molar-refractivity contribution in [2.75, 3.05) is 11.9 Å². The van der Waals surface area contributed by atoms with E-state index in [1.54, 1.807) is 0 Å². The summed E-state index contributed by atoms with van der Waals surface area (Å²) < 4.78 is 73.1. The van der Waals surface area contributed by atoms with Gasteiger partial charge in [-0.15, -0.1) is 0 Å². The number of aliphatic imine (C=N–C) groups is 1. The molecule has 1 amide bonds. The highest BCUT2D eigenvalue weighted by Crippen LogP contribution is 2.43. The van der Waals surface area contributed by atoms with Crippen molar-refractivity contribution in [1.29, 1.82) is 0 Å². The zero-order valence-electron chi connectivity index (χ0n) is 14.5. The Morgan fingerprint density at radius 1 is 1.41 bits per heavy atom. The van der Waals surface area contributed by atoms with Crippen molar-refractivity contribution in [2.24, 2.45) is 10.7 Å². The summed E-state index contributed by atoms with van der Waals surface area (Å²) in [6.45, 7) is -3.29. The maximum Gasteiger partial charge on any atom is 0.333 e. The Labute approximate surface area is 164 Å². The first-order valence-corrected chi connectivity index (χ1v) is 8.19. The molecular weight excluding hydrogens is 427 g/mol. The minimum Gasteiger partial charge on any atom is -0.459 e. The SMILES string of the molecule is CC1(c2nc(NC(=O)c3nn(C(F)F)cc3Cl)ccc2F)N=C(N)OCC1(F)F. The molecule has 1 atom stereocenters. The molecule has 0 fully saturated rings. The summed E-state index contributed by atoms with van der Waals surface area (Å²) in [6, 6.07) is 1.17. The summed E-state index contributed by atoms with van der Waals surface area (Å²) in [5.41, 5.74) is 1.45. The van der Waals surface area contributed by atoms with Gasteiger partial charge in [0.1, 0.15) is 17.3 Å². The van der Waals surface area contributed by atoms with Gasteiger partial charge in [0.05, 0.1) is 11.2 Å². The summed E-state index contributed by atoms with van der Waals surface area (Å²) in [4.78, 5) is 19.4. The van der Waals surface area contributed by atoms with E-state index in [0.717, 1.165) is 25.3 Å². The number of rotatable bonds is 4. The molecule has 0 radical (unpaired) electrons. The lowest BCUT2D eigenvalue weighted by atomic mass is 9.89. The number of amidine groups is 1. The van der Waals surface area contributed by atoms with Crippen LogP contribution in [0.25, 0.3) is 0 Å². The summed E-state index contributed by atoms with van der Waals surface area (Å²) in [5, 5.41) is 5.08. The van der Waals surface area contributed by atoms with E-state index in [4.69, 9.17) is 17.3 Å². The van der Waals surface area contributed by atoms with Gasteiger partial charge in [0, 0.05) is 0 Å². The molecule has 29 heavy (non-hydrogen) atoms. The maximum atomic E-state index is 14.4. The highest BCUT2D eigenvalue weighted by atomic mass is 35.5. The quantitative estimate of drug-likeness (QED) is 0.714. The van der Waals surface area contributed by atoms with Gasteiger partial charge in [-0.25, -0.2) is 19.0 Å². The number of nitrogens with one attached hydrogen (secondary N) is 1. The molecule has 8 nitrogen and oxygen atoms in total. The molecule has 0 aromatic carbocycles. The predicted octanol–water partition coefficient (Wildman–Crippen LogP) is 2.91. The topological polar surface area (TPSA) is 107 Å². The van der Waals surface area contributed by atoms with Crippen molar-refractivity contribution in [3.63, 3.8) is 0 Å². The highest BCUT2D eigenvalue weighted by molar-refractivity contribution is 6.34. The van der Waals surface area contributed by atoms with Crippen molar-refractivity contribution in [3.05, 3.63) is 40.6 Å². The molecule has 3 N–H and O–H groups in total. The van der Waals surface area contributed by atoms with E-state index in [1.165, 1.54) is 0 Å². The number of carbonyl (C=O) groups is 1. The summed E-state index contributed by atoms with van der Waals surface area (Å²) in [7, 11) is 0. The molecule has 0 spiro atoms. The number of nitrogens with two attached hydrogens (primary N) is 1. The molecule has 0 saturated heterocycles. The van der Waals surface area contributed by atoms with Crippen molar-refractivity contribution >= 4 is 29.3 Å². The maximum absolute atomic E-state index is 14.4. The average Bonchev–Trinajstić information content (AvgIpc) is 3.02. The first-order valence-electron chi connectivity index (χ1n) is 7.82. The third kappa shape index (κ3) is 3.69. The van der Waals surface area contributed by atoms with Gasteiger partial charge in [-0.1, -0.05) is 11.6 Å². The number of pyridine rings is 1. The zero-order chi connectivity index (χ0) is 21.6. The van der Waals surface area contributed by atoms with E-state index >= 15 is 0 Å². The fourth-order valence-electron chi connectivity index (χ4n) is 2.52. The molecule has 156 valence electrons. The Balaban J connectivity index is 1.96. The Kier molecular flexibility index (Phi) is 5.11. The molecule has 0 aliphatic carbocycles. The number of hydrogen-bond donors (Lipinski definition) is 2. The van der Waals surface area contributed by atoms with Crippen molar-refractivity contribution in [1.82, 2.24) is 14.8 Å². The standard InChI is InChI=1S/C15H12ClF5N6O2/c1-14(15(20,21)5-29-13(22)25-14)10-7(17)2-3-8(23-10)24-11(28)9-6(16)4-27(26-9)12(18)19/h2-4,12H,5H2,1H3,(H2,22,25)(H,23,24,28). The van der Waals surface area contributed by atoms with Crippen LogP contribution in [0, 0.1) is 5.82 Å². The number of halogens is 6. The van der Waals surface area contributed by atoms with Crippen molar-refractivity contribution in [3.8, 4) is 0 Å². The molecule has 0 bridgehead atoms. The van der Waals surface area contributed by atoms with Gasteiger partial charge >= 0.3 is 12.5 Å². The summed E-state index contributed by atoms with van der Waals surface area (Å²) in [6.07, 6.45) is 0.728. The Morgan fingerprint density at radius 3 is 2.72 bits per heavy atom. The first-order chi connectivity index (χ1) is 13.4. The highest BCUT2D eigenvalue weighted by Gasteiger charge is 2.57. The van der Waals surface area contributed by atoms with E-state index in [1.807, 2.05) is 0 Å². The third-order valence-electron chi connectivity index (χ3n) is 4.10. The second-order valence-corrected chi connectivity index (χ2v) is 6.49. The Hall–Kier alpha value is -2.96. The summed E-state index contributed by atoms with van der Waals surface area (Å²) >= 11 is 5.70. The van der Waals surface area contributed by atoms with Crippen LogP contribution in [-0.4, -0.2) is 39.2 Å². The molecule has 1 aliphatic rings. The number of alkyl halides is 4. The number of nitrogens with zero attached hydrogens (tertiary/aromatic N) is 4. The van der Waals surface area contributed by atoms with Crippen LogP contribution in [0.4, 0.5) is 27.8 Å². The first kappa shape index (κ1) is 20.8. The smallest absolute Gasteiger partial charge is 0.333 e. The number of ether oxygens (including phenoxy) is 1. The van der Waals surface area contributed by atoms with Gasteiger partial charge in [-0.3, -0.25) is 4.79 Å². The third-order valence-corrected chi connectivity index (χ3v) is 4.38. The molecule has 1 aliphatic heterocycles. The molecule has 14 heteroatoms. The van der Waals surface area contributed by atoms with E-state index in [2.05, 4.69) is 25.1 Å². The van der Waals surface area contributed by atoms with Crippen LogP contribution >= 0.6 is 11.6 Å². The normalized spacial score (nSPS) is 20.9. The lowest BCUT2D eigenvalue weighted by Gasteiger charge is -2.36. The van der Waals surface area contributed by atoms with Crippen LogP contribution in [0.3, 0.4) is 0 Å².